The molecule has 0 aliphatic carbocycles. The average molecular weight is 188 g/mol. The number of ether oxygens (including phenoxy) is 1. The SMILES string of the molecule is NCC(O)CC(=O)N1CCOCC1. The molecule has 0 aromatic carbocycles. The van der Waals surface area contributed by atoms with Crippen LogP contribution >= 0.6 is 0 Å². The smallest absolute Gasteiger partial charge is 0.225 e. The van der Waals surface area contributed by atoms with Crippen molar-refractivity contribution in [1.29, 1.82) is 0 Å². The molecule has 1 atom stereocenters. The van der Waals surface area contributed by atoms with Crippen molar-refractivity contribution in [2.24, 2.45) is 5.73 Å². The summed E-state index contributed by atoms with van der Waals surface area (Å²) < 4.78 is 5.10. The van der Waals surface area contributed by atoms with Crippen LogP contribution < -0.4 is 5.73 Å². The number of nitrogens with zero attached hydrogens (tertiary/aromatic N) is 1. The zero-order valence-electron chi connectivity index (χ0n) is 7.61. The van der Waals surface area contributed by atoms with Crippen molar-refractivity contribution in [2.75, 3.05) is 32.8 Å². The molecule has 76 valence electrons. The van der Waals surface area contributed by atoms with Crippen LogP contribution in [0.2, 0.25) is 0 Å². The van der Waals surface area contributed by atoms with Crippen molar-refractivity contribution in [3.8, 4) is 0 Å². The minimum absolute atomic E-state index is 0.0405. The number of hydrogen-bond donors (Lipinski definition) is 2. The molecule has 1 heterocycles. The maximum Gasteiger partial charge on any atom is 0.225 e. The molecule has 0 aromatic rings. The van der Waals surface area contributed by atoms with Gasteiger partial charge in [0.15, 0.2) is 0 Å². The first-order valence-electron chi connectivity index (χ1n) is 4.47. The van der Waals surface area contributed by atoms with Gasteiger partial charge in [0.05, 0.1) is 25.7 Å². The first-order chi connectivity index (χ1) is 6.24. The van der Waals surface area contributed by atoms with Crippen LogP contribution in [0.4, 0.5) is 0 Å². The highest BCUT2D eigenvalue weighted by molar-refractivity contribution is 5.76. The summed E-state index contributed by atoms with van der Waals surface area (Å²) in [6.07, 6.45) is -0.591. The van der Waals surface area contributed by atoms with Gasteiger partial charge in [0.2, 0.25) is 5.91 Å². The Bertz CT molecular complexity index is 169. The fraction of sp³-hybridized carbons (Fsp3) is 0.875. The first-order valence-corrected chi connectivity index (χ1v) is 4.47. The lowest BCUT2D eigenvalue weighted by Gasteiger charge is -2.27. The number of aliphatic hydroxyl groups excluding tert-OH is 1. The molecule has 0 spiro atoms. The van der Waals surface area contributed by atoms with Crippen molar-refractivity contribution in [2.45, 2.75) is 12.5 Å². The highest BCUT2D eigenvalue weighted by Gasteiger charge is 2.18. The number of hydrogen-bond acceptors (Lipinski definition) is 4. The molecule has 0 aromatic heterocycles. The van der Waals surface area contributed by atoms with Crippen LogP contribution in [0.15, 0.2) is 0 Å². The van der Waals surface area contributed by atoms with Gasteiger partial charge in [-0.05, 0) is 0 Å². The third kappa shape index (κ3) is 3.30. The second kappa shape index (κ2) is 5.16. The third-order valence-electron chi connectivity index (χ3n) is 2.05. The summed E-state index contributed by atoms with van der Waals surface area (Å²) in [5, 5.41) is 9.16. The summed E-state index contributed by atoms with van der Waals surface area (Å²) in [7, 11) is 0. The van der Waals surface area contributed by atoms with Crippen LogP contribution in [0.5, 0.6) is 0 Å². The Morgan fingerprint density at radius 3 is 2.69 bits per heavy atom. The summed E-state index contributed by atoms with van der Waals surface area (Å²) in [4.78, 5) is 13.1. The van der Waals surface area contributed by atoms with E-state index in [1.165, 1.54) is 0 Å². The van der Waals surface area contributed by atoms with Gasteiger partial charge in [-0.3, -0.25) is 4.79 Å². The fourth-order valence-corrected chi connectivity index (χ4v) is 1.23. The van der Waals surface area contributed by atoms with Crippen LogP contribution in [-0.2, 0) is 9.53 Å². The van der Waals surface area contributed by atoms with Gasteiger partial charge in [-0.25, -0.2) is 0 Å². The van der Waals surface area contributed by atoms with E-state index in [0.717, 1.165) is 0 Å². The number of amides is 1. The van der Waals surface area contributed by atoms with Crippen molar-refractivity contribution >= 4 is 5.91 Å². The van der Waals surface area contributed by atoms with Crippen molar-refractivity contribution in [3.05, 3.63) is 0 Å². The molecule has 5 heteroatoms. The quantitative estimate of drug-likeness (QED) is 0.568. The molecule has 1 amide bonds. The molecule has 1 saturated heterocycles. The predicted octanol–water partition coefficient (Wildman–Crippen LogP) is -1.45. The maximum absolute atomic E-state index is 11.4. The summed E-state index contributed by atoms with van der Waals surface area (Å²) in [6, 6.07) is 0. The van der Waals surface area contributed by atoms with Gasteiger partial charge >= 0.3 is 0 Å². The van der Waals surface area contributed by atoms with E-state index in [-0.39, 0.29) is 18.9 Å². The second-order valence-corrected chi connectivity index (χ2v) is 3.09. The Balaban J connectivity index is 2.29. The molecule has 1 aliphatic rings. The Morgan fingerprint density at radius 1 is 1.54 bits per heavy atom. The summed E-state index contributed by atoms with van der Waals surface area (Å²) in [6.45, 7) is 2.55. The number of carbonyl (C=O) groups excluding carboxylic acids is 1. The van der Waals surface area contributed by atoms with Crippen molar-refractivity contribution in [3.63, 3.8) is 0 Å². The molecule has 0 bridgehead atoms. The van der Waals surface area contributed by atoms with Crippen molar-refractivity contribution < 1.29 is 14.6 Å². The van der Waals surface area contributed by atoms with Gasteiger partial charge in [0.25, 0.3) is 0 Å². The van der Waals surface area contributed by atoms with Gasteiger partial charge in [0, 0.05) is 19.6 Å². The third-order valence-corrected chi connectivity index (χ3v) is 2.05. The molecule has 13 heavy (non-hydrogen) atoms. The minimum atomic E-state index is -0.713. The van der Waals surface area contributed by atoms with E-state index < -0.39 is 6.10 Å². The first kappa shape index (κ1) is 10.4. The maximum atomic E-state index is 11.4. The Kier molecular flexibility index (Phi) is 4.14. The summed E-state index contributed by atoms with van der Waals surface area (Å²) in [5.41, 5.74) is 5.20. The van der Waals surface area contributed by atoms with Gasteiger partial charge in [-0.2, -0.15) is 0 Å². The second-order valence-electron chi connectivity index (χ2n) is 3.09. The number of carbonyl (C=O) groups is 1. The topological polar surface area (TPSA) is 75.8 Å². The van der Waals surface area contributed by atoms with E-state index in [1.807, 2.05) is 0 Å². The normalized spacial score (nSPS) is 20.0. The van der Waals surface area contributed by atoms with E-state index in [4.69, 9.17) is 15.6 Å². The van der Waals surface area contributed by atoms with E-state index in [1.54, 1.807) is 4.90 Å². The van der Waals surface area contributed by atoms with Crippen LogP contribution in [-0.4, -0.2) is 54.9 Å². The van der Waals surface area contributed by atoms with Crippen LogP contribution in [0.25, 0.3) is 0 Å². The number of nitrogens with two attached hydrogens (primary N) is 1. The highest BCUT2D eigenvalue weighted by Crippen LogP contribution is 2.01. The molecule has 0 radical (unpaired) electrons. The average Bonchev–Trinajstić information content (AvgIpc) is 2.19. The molecule has 1 unspecified atom stereocenters. The zero-order chi connectivity index (χ0) is 9.68. The summed E-state index contributed by atoms with van der Waals surface area (Å²) in [5.74, 6) is -0.0405. The van der Waals surface area contributed by atoms with Gasteiger partial charge in [0.1, 0.15) is 0 Å². The Hall–Kier alpha value is -0.650. The monoisotopic (exact) mass is 188 g/mol. The van der Waals surface area contributed by atoms with E-state index >= 15 is 0 Å². The zero-order valence-corrected chi connectivity index (χ0v) is 7.61. The lowest BCUT2D eigenvalue weighted by atomic mass is 10.2. The molecular formula is C8H16N2O3. The molecule has 0 saturated carbocycles. The van der Waals surface area contributed by atoms with E-state index in [0.29, 0.717) is 26.3 Å². The largest absolute Gasteiger partial charge is 0.391 e. The molecule has 5 nitrogen and oxygen atoms in total. The molecule has 1 fully saturated rings. The Labute approximate surface area is 77.5 Å². The van der Waals surface area contributed by atoms with Crippen LogP contribution in [0.3, 0.4) is 0 Å². The van der Waals surface area contributed by atoms with Gasteiger partial charge < -0.3 is 20.5 Å². The lowest BCUT2D eigenvalue weighted by molar-refractivity contribution is -0.137. The van der Waals surface area contributed by atoms with E-state index in [9.17, 15) is 4.79 Å². The number of morpholine rings is 1. The standard InChI is InChI=1S/C8H16N2O3/c9-6-7(11)5-8(12)10-1-3-13-4-2-10/h7,11H,1-6,9H2. The van der Waals surface area contributed by atoms with Gasteiger partial charge in [-0.15, -0.1) is 0 Å². The van der Waals surface area contributed by atoms with E-state index in [2.05, 4.69) is 0 Å². The van der Waals surface area contributed by atoms with Crippen LogP contribution in [0, 0.1) is 0 Å². The van der Waals surface area contributed by atoms with Crippen LogP contribution in [0.1, 0.15) is 6.42 Å². The molecule has 1 rings (SSSR count). The lowest BCUT2D eigenvalue weighted by Crippen LogP contribution is -2.42. The summed E-state index contributed by atoms with van der Waals surface area (Å²) >= 11 is 0. The Morgan fingerprint density at radius 2 is 2.15 bits per heavy atom. The molecule has 3 N–H and O–H groups in total. The predicted molar refractivity (Wildman–Crippen MR) is 47.1 cm³/mol. The molecule has 1 aliphatic heterocycles. The van der Waals surface area contributed by atoms with Crippen molar-refractivity contribution in [1.82, 2.24) is 4.90 Å². The minimum Gasteiger partial charge on any atom is -0.391 e. The fourth-order valence-electron chi connectivity index (χ4n) is 1.23. The molecular weight excluding hydrogens is 172 g/mol. The number of rotatable bonds is 3. The number of aliphatic hydroxyl groups is 1. The van der Waals surface area contributed by atoms with Gasteiger partial charge in [-0.1, -0.05) is 0 Å². The highest BCUT2D eigenvalue weighted by atomic mass is 16.5.